The van der Waals surface area contributed by atoms with E-state index in [1.807, 2.05) is 16.8 Å². The van der Waals surface area contributed by atoms with Crippen LogP contribution < -0.4 is 0 Å². The van der Waals surface area contributed by atoms with Gasteiger partial charge in [-0.3, -0.25) is 0 Å². The van der Waals surface area contributed by atoms with Gasteiger partial charge in [-0.15, -0.1) is 0 Å². The number of phenols is 2. The van der Waals surface area contributed by atoms with Gasteiger partial charge < -0.3 is 14.7 Å². The highest BCUT2D eigenvalue weighted by Crippen LogP contribution is 2.36. The molecule has 0 bridgehead atoms. The molecule has 0 spiro atoms. The van der Waals surface area contributed by atoms with Crippen LogP contribution in [0.1, 0.15) is 0 Å². The molecule has 0 fully saturated rings. The summed E-state index contributed by atoms with van der Waals surface area (Å²) in [7, 11) is 0. The van der Waals surface area contributed by atoms with E-state index < -0.39 is 0 Å². The van der Waals surface area contributed by atoms with Gasteiger partial charge in [0.1, 0.15) is 17.1 Å². The molecule has 0 aliphatic carbocycles. The first-order valence-corrected chi connectivity index (χ1v) is 6.07. The topological polar surface area (TPSA) is 79.4 Å². The van der Waals surface area contributed by atoms with Crippen LogP contribution in [0.25, 0.3) is 22.8 Å². The second-order valence-electron chi connectivity index (χ2n) is 3.61. The Morgan fingerprint density at radius 1 is 1.11 bits per heavy atom. The summed E-state index contributed by atoms with van der Waals surface area (Å²) in [5.74, 6) is 0.312. The van der Waals surface area contributed by atoms with Gasteiger partial charge in [0.05, 0.1) is 0 Å². The zero-order chi connectivity index (χ0) is 12.5. The van der Waals surface area contributed by atoms with Crippen molar-refractivity contribution >= 4 is 11.3 Å². The number of hydrogen-bond donors (Lipinski definition) is 2. The fourth-order valence-electron chi connectivity index (χ4n) is 1.58. The molecule has 0 amide bonds. The molecule has 0 radical (unpaired) electrons. The number of aromatic nitrogens is 2. The van der Waals surface area contributed by atoms with E-state index in [0.717, 1.165) is 5.56 Å². The molecule has 0 saturated heterocycles. The van der Waals surface area contributed by atoms with E-state index in [4.69, 9.17) is 4.52 Å². The number of phenolic OH excluding ortho intramolecular Hbond substituents is 2. The van der Waals surface area contributed by atoms with Gasteiger partial charge in [0.15, 0.2) is 0 Å². The molecule has 0 aliphatic heterocycles. The van der Waals surface area contributed by atoms with Crippen molar-refractivity contribution < 1.29 is 14.7 Å². The summed E-state index contributed by atoms with van der Waals surface area (Å²) < 4.78 is 5.06. The Labute approximate surface area is 106 Å². The summed E-state index contributed by atoms with van der Waals surface area (Å²) in [6.07, 6.45) is 0. The molecule has 90 valence electrons. The molecule has 18 heavy (non-hydrogen) atoms. The van der Waals surface area contributed by atoms with Crippen molar-refractivity contribution in [3.8, 4) is 34.3 Å². The minimum atomic E-state index is -0.101. The van der Waals surface area contributed by atoms with Crippen LogP contribution >= 0.6 is 11.3 Å². The zero-order valence-corrected chi connectivity index (χ0v) is 9.89. The third kappa shape index (κ3) is 1.72. The van der Waals surface area contributed by atoms with Gasteiger partial charge >= 0.3 is 0 Å². The van der Waals surface area contributed by atoms with Crippen LogP contribution in [0.15, 0.2) is 39.5 Å². The third-order valence-electron chi connectivity index (χ3n) is 2.44. The van der Waals surface area contributed by atoms with Gasteiger partial charge in [0.25, 0.3) is 5.89 Å². The van der Waals surface area contributed by atoms with E-state index in [2.05, 4.69) is 10.1 Å². The normalized spacial score (nSPS) is 10.7. The lowest BCUT2D eigenvalue weighted by molar-refractivity contribution is 0.416. The van der Waals surface area contributed by atoms with Crippen LogP contribution in [0.3, 0.4) is 0 Å². The standard InChI is InChI=1S/C12H8N2O3S/c15-8-2-1-3-9(16)10(8)12-13-11(14-17-12)7-4-5-18-6-7/h1-6,15-16H. The molecular weight excluding hydrogens is 252 g/mol. The molecule has 2 N–H and O–H groups in total. The summed E-state index contributed by atoms with van der Waals surface area (Å²) >= 11 is 1.53. The van der Waals surface area contributed by atoms with Gasteiger partial charge in [-0.2, -0.15) is 16.3 Å². The molecule has 0 unspecified atom stereocenters. The fraction of sp³-hybridized carbons (Fsp3) is 0. The first-order valence-electron chi connectivity index (χ1n) is 5.13. The lowest BCUT2D eigenvalue weighted by atomic mass is 10.2. The highest BCUT2D eigenvalue weighted by molar-refractivity contribution is 7.08. The Morgan fingerprint density at radius 2 is 1.89 bits per heavy atom. The summed E-state index contributed by atoms with van der Waals surface area (Å²) in [5.41, 5.74) is 0.983. The van der Waals surface area contributed by atoms with Crippen molar-refractivity contribution in [2.24, 2.45) is 0 Å². The maximum absolute atomic E-state index is 9.70. The molecule has 2 heterocycles. The minimum absolute atomic E-state index is 0.0896. The van der Waals surface area contributed by atoms with Gasteiger partial charge in [-0.05, 0) is 23.6 Å². The van der Waals surface area contributed by atoms with E-state index in [1.54, 1.807) is 0 Å². The van der Waals surface area contributed by atoms with Crippen molar-refractivity contribution in [2.45, 2.75) is 0 Å². The summed E-state index contributed by atoms with van der Waals surface area (Å²) in [4.78, 5) is 4.15. The third-order valence-corrected chi connectivity index (χ3v) is 3.12. The monoisotopic (exact) mass is 260 g/mol. The first-order chi connectivity index (χ1) is 8.75. The van der Waals surface area contributed by atoms with Gasteiger partial charge in [-0.25, -0.2) is 0 Å². The van der Waals surface area contributed by atoms with E-state index in [9.17, 15) is 10.2 Å². The van der Waals surface area contributed by atoms with Gasteiger partial charge in [0, 0.05) is 10.9 Å². The van der Waals surface area contributed by atoms with Crippen LogP contribution in [0.2, 0.25) is 0 Å². The largest absolute Gasteiger partial charge is 0.507 e. The summed E-state index contributed by atoms with van der Waals surface area (Å²) in [6, 6.07) is 6.29. The van der Waals surface area contributed by atoms with Crippen molar-refractivity contribution in [2.75, 3.05) is 0 Å². The van der Waals surface area contributed by atoms with Gasteiger partial charge in [-0.1, -0.05) is 11.2 Å². The van der Waals surface area contributed by atoms with Crippen molar-refractivity contribution in [3.63, 3.8) is 0 Å². The van der Waals surface area contributed by atoms with Crippen LogP contribution in [-0.2, 0) is 0 Å². The molecule has 6 heteroatoms. The van der Waals surface area contributed by atoms with Crippen molar-refractivity contribution in [3.05, 3.63) is 35.0 Å². The number of nitrogens with zero attached hydrogens (tertiary/aromatic N) is 2. The predicted molar refractivity (Wildman–Crippen MR) is 66.4 cm³/mol. The average molecular weight is 260 g/mol. The van der Waals surface area contributed by atoms with Crippen molar-refractivity contribution in [1.82, 2.24) is 10.1 Å². The Morgan fingerprint density at radius 3 is 2.56 bits per heavy atom. The molecule has 3 aromatic rings. The first kappa shape index (κ1) is 10.8. The van der Waals surface area contributed by atoms with Crippen LogP contribution in [0.5, 0.6) is 11.5 Å². The molecule has 1 aromatic carbocycles. The molecule has 0 saturated carbocycles. The molecule has 0 aliphatic rings. The minimum Gasteiger partial charge on any atom is -0.507 e. The fourth-order valence-corrected chi connectivity index (χ4v) is 2.22. The highest BCUT2D eigenvalue weighted by atomic mass is 32.1. The highest BCUT2D eigenvalue weighted by Gasteiger charge is 2.17. The lowest BCUT2D eigenvalue weighted by Gasteiger charge is -2.00. The number of aromatic hydroxyl groups is 2. The molecule has 3 rings (SSSR count). The predicted octanol–water partition coefficient (Wildman–Crippen LogP) is 2.88. The Bertz CT molecular complexity index is 656. The van der Waals surface area contributed by atoms with Crippen LogP contribution in [-0.4, -0.2) is 20.4 Å². The Hall–Kier alpha value is -2.34. The lowest BCUT2D eigenvalue weighted by Crippen LogP contribution is -1.81. The van der Waals surface area contributed by atoms with E-state index >= 15 is 0 Å². The molecule has 2 aromatic heterocycles. The second-order valence-corrected chi connectivity index (χ2v) is 4.39. The number of rotatable bonds is 2. The summed E-state index contributed by atoms with van der Waals surface area (Å²) in [5, 5.41) is 27.0. The zero-order valence-electron chi connectivity index (χ0n) is 9.07. The SMILES string of the molecule is Oc1cccc(O)c1-c1nc(-c2ccsc2)no1. The van der Waals surface area contributed by atoms with Crippen LogP contribution in [0, 0.1) is 0 Å². The van der Waals surface area contributed by atoms with E-state index in [-0.39, 0.29) is 23.0 Å². The molecule has 5 nitrogen and oxygen atoms in total. The van der Waals surface area contributed by atoms with Gasteiger partial charge in [0.2, 0.25) is 5.82 Å². The van der Waals surface area contributed by atoms with Crippen LogP contribution in [0.4, 0.5) is 0 Å². The van der Waals surface area contributed by atoms with E-state index in [1.165, 1.54) is 29.5 Å². The number of benzene rings is 1. The Balaban J connectivity index is 2.09. The second kappa shape index (κ2) is 4.15. The smallest absolute Gasteiger partial charge is 0.265 e. The number of thiophene rings is 1. The molecule has 0 atom stereocenters. The van der Waals surface area contributed by atoms with Crippen molar-refractivity contribution in [1.29, 1.82) is 0 Å². The maximum Gasteiger partial charge on any atom is 0.265 e. The quantitative estimate of drug-likeness (QED) is 0.740. The molecular formula is C12H8N2O3S. The number of hydrogen-bond acceptors (Lipinski definition) is 6. The average Bonchev–Trinajstić information content (AvgIpc) is 2.99. The van der Waals surface area contributed by atoms with E-state index in [0.29, 0.717) is 5.82 Å². The maximum atomic E-state index is 9.70. The summed E-state index contributed by atoms with van der Waals surface area (Å²) in [6.45, 7) is 0. The Kier molecular flexibility index (Phi) is 2.49.